The minimum absolute atomic E-state index is 0.121. The Kier molecular flexibility index (Phi) is 7.39. The van der Waals surface area contributed by atoms with E-state index in [0.717, 1.165) is 23.4 Å². The number of anilines is 2. The van der Waals surface area contributed by atoms with Gasteiger partial charge in [-0.3, -0.25) is 4.79 Å². The summed E-state index contributed by atoms with van der Waals surface area (Å²) < 4.78 is 39.4. The Morgan fingerprint density at radius 3 is 2.28 bits per heavy atom. The summed E-state index contributed by atoms with van der Waals surface area (Å²) in [6.07, 6.45) is -4.04. The number of para-hydroxylation sites is 1. The van der Waals surface area contributed by atoms with Crippen LogP contribution in [-0.2, 0) is 11.0 Å². The van der Waals surface area contributed by atoms with Crippen LogP contribution in [0.4, 0.5) is 24.5 Å². The molecule has 0 saturated carbocycles. The molecule has 188 valence electrons. The van der Waals surface area contributed by atoms with Crippen LogP contribution < -0.4 is 4.90 Å². The molecule has 0 spiro atoms. The van der Waals surface area contributed by atoms with Gasteiger partial charge >= 0.3 is 12.1 Å². The number of carbonyl (C=O) groups is 1. The average Bonchev–Trinajstić information content (AvgIpc) is 2.83. The van der Waals surface area contributed by atoms with Crippen molar-refractivity contribution < 1.29 is 23.1 Å². The van der Waals surface area contributed by atoms with E-state index in [9.17, 15) is 23.1 Å². The van der Waals surface area contributed by atoms with Crippen LogP contribution in [0.2, 0.25) is 0 Å². The number of aliphatic carboxylic acids is 1. The second kappa shape index (κ2) is 10.2. The van der Waals surface area contributed by atoms with Gasteiger partial charge in [0.15, 0.2) is 0 Å². The molecule has 1 unspecified atom stereocenters. The van der Waals surface area contributed by atoms with E-state index in [-0.39, 0.29) is 12.5 Å². The Bertz CT molecular complexity index is 1320. The Morgan fingerprint density at radius 1 is 1.00 bits per heavy atom. The summed E-state index contributed by atoms with van der Waals surface area (Å²) in [6, 6.07) is 17.7. The van der Waals surface area contributed by atoms with E-state index in [1.807, 2.05) is 55.1 Å². The molecule has 0 amide bonds. The Hall–Kier alpha value is -2.96. The van der Waals surface area contributed by atoms with Crippen LogP contribution >= 0.6 is 23.2 Å². The van der Waals surface area contributed by atoms with E-state index in [2.05, 4.69) is 0 Å². The number of nitrogens with zero attached hydrogens (tertiary/aromatic N) is 1. The molecular formula is C28H24Cl2F3NO2. The molecule has 1 N–H and O–H groups in total. The summed E-state index contributed by atoms with van der Waals surface area (Å²) in [5.74, 6) is -1.62. The van der Waals surface area contributed by atoms with Gasteiger partial charge in [0.2, 0.25) is 0 Å². The normalized spacial score (nSPS) is 14.7. The van der Waals surface area contributed by atoms with E-state index in [4.69, 9.17) is 23.2 Å². The van der Waals surface area contributed by atoms with Crippen LogP contribution in [0.3, 0.4) is 0 Å². The zero-order valence-corrected chi connectivity index (χ0v) is 21.1. The number of hydrogen-bond acceptors (Lipinski definition) is 2. The second-order valence-electron chi connectivity index (χ2n) is 9.23. The monoisotopic (exact) mass is 533 g/mol. The minimum atomic E-state index is -4.45. The number of hydrogen-bond donors (Lipinski definition) is 1. The van der Waals surface area contributed by atoms with Crippen molar-refractivity contribution in [1.29, 1.82) is 0 Å². The molecule has 0 fully saturated rings. The molecule has 3 aromatic rings. The summed E-state index contributed by atoms with van der Waals surface area (Å²) in [6.45, 7) is 4.17. The Balaban J connectivity index is 1.89. The van der Waals surface area contributed by atoms with Crippen molar-refractivity contribution in [3.63, 3.8) is 0 Å². The molecule has 1 aliphatic rings. The number of rotatable bonds is 6. The van der Waals surface area contributed by atoms with Gasteiger partial charge in [-0.25, -0.2) is 0 Å². The molecule has 36 heavy (non-hydrogen) atoms. The highest BCUT2D eigenvalue weighted by molar-refractivity contribution is 6.55. The number of carboxylic acids is 1. The number of alkyl halides is 3. The van der Waals surface area contributed by atoms with E-state index >= 15 is 0 Å². The van der Waals surface area contributed by atoms with Gasteiger partial charge in [-0.2, -0.15) is 13.2 Å². The van der Waals surface area contributed by atoms with Crippen molar-refractivity contribution in [2.24, 2.45) is 5.92 Å². The first-order valence-electron chi connectivity index (χ1n) is 11.4. The van der Waals surface area contributed by atoms with Gasteiger partial charge in [-0.05, 0) is 59.4 Å². The molecule has 0 radical (unpaired) electrons. The van der Waals surface area contributed by atoms with Crippen LogP contribution in [0, 0.1) is 5.92 Å². The maximum absolute atomic E-state index is 13.1. The van der Waals surface area contributed by atoms with Crippen LogP contribution in [0.15, 0.2) is 71.8 Å². The van der Waals surface area contributed by atoms with Crippen molar-refractivity contribution in [3.8, 4) is 11.1 Å². The van der Waals surface area contributed by atoms with Gasteiger partial charge in [-0.1, -0.05) is 73.4 Å². The lowest BCUT2D eigenvalue weighted by Gasteiger charge is -2.32. The lowest BCUT2D eigenvalue weighted by Crippen LogP contribution is -2.24. The maximum atomic E-state index is 13.1. The molecule has 0 bridgehead atoms. The molecular weight excluding hydrogens is 510 g/mol. The van der Waals surface area contributed by atoms with Crippen LogP contribution in [0.25, 0.3) is 16.2 Å². The van der Waals surface area contributed by atoms with Crippen molar-refractivity contribution in [2.75, 3.05) is 11.4 Å². The van der Waals surface area contributed by atoms with Crippen LogP contribution in [0.5, 0.6) is 0 Å². The first-order chi connectivity index (χ1) is 17.0. The predicted molar refractivity (Wildman–Crippen MR) is 139 cm³/mol. The molecule has 0 aromatic heterocycles. The van der Waals surface area contributed by atoms with Crippen LogP contribution in [-0.4, -0.2) is 17.6 Å². The maximum Gasteiger partial charge on any atom is 0.416 e. The number of carboxylic acid groups (broad SMARTS) is 1. The Labute approximate surface area is 217 Å². The van der Waals surface area contributed by atoms with Crippen molar-refractivity contribution >= 4 is 45.6 Å². The summed E-state index contributed by atoms with van der Waals surface area (Å²) in [7, 11) is 0. The summed E-state index contributed by atoms with van der Waals surface area (Å²) in [5.41, 5.74) is 3.20. The van der Waals surface area contributed by atoms with Gasteiger partial charge in [-0.15, -0.1) is 0 Å². The largest absolute Gasteiger partial charge is 0.481 e. The summed E-state index contributed by atoms with van der Waals surface area (Å²) in [5, 5.41) is 10.9. The Morgan fingerprint density at radius 2 is 1.67 bits per heavy atom. The third-order valence-electron chi connectivity index (χ3n) is 6.17. The molecule has 3 nitrogen and oxygen atoms in total. The summed E-state index contributed by atoms with van der Waals surface area (Å²) in [4.78, 5) is 14.2. The quantitative estimate of drug-likeness (QED) is 0.343. The van der Waals surface area contributed by atoms with Gasteiger partial charge < -0.3 is 10.0 Å². The SMILES string of the molecule is CC(C)CC(C(=O)O)c1cc(-c2ccc(C(F)(F)F)cc2)cc(N2CC(Cl)=C(Cl)c3ccccc32)c1. The molecule has 4 rings (SSSR count). The van der Waals surface area contributed by atoms with Crippen molar-refractivity contribution in [2.45, 2.75) is 32.4 Å². The standard InChI is InChI=1S/C28H24Cl2F3NO2/c1-16(2)11-23(27(35)36)19-12-18(17-7-9-20(10-8-17)28(31,32)33)13-21(14-19)34-15-24(29)26(30)22-5-3-4-6-25(22)34/h3-10,12-14,16,23H,11,15H2,1-2H3,(H,35,36). The fourth-order valence-electron chi connectivity index (χ4n) is 4.43. The highest BCUT2D eigenvalue weighted by Gasteiger charge is 2.30. The first-order valence-corrected chi connectivity index (χ1v) is 12.2. The molecule has 0 aliphatic carbocycles. The van der Waals surface area contributed by atoms with Gasteiger partial charge in [0.25, 0.3) is 0 Å². The van der Waals surface area contributed by atoms with E-state index < -0.39 is 23.6 Å². The molecule has 1 aliphatic heterocycles. The first kappa shape index (κ1) is 26.1. The third-order valence-corrected chi connectivity index (χ3v) is 7.01. The number of benzene rings is 3. The zero-order valence-electron chi connectivity index (χ0n) is 19.6. The number of fused-ring (bicyclic) bond motifs is 1. The number of halogens is 5. The zero-order chi connectivity index (χ0) is 26.2. The molecule has 1 heterocycles. The van der Waals surface area contributed by atoms with E-state index in [1.54, 1.807) is 6.07 Å². The van der Waals surface area contributed by atoms with Gasteiger partial charge in [0.1, 0.15) is 0 Å². The van der Waals surface area contributed by atoms with Crippen molar-refractivity contribution in [3.05, 3.63) is 88.5 Å². The lowest BCUT2D eigenvalue weighted by molar-refractivity contribution is -0.139. The topological polar surface area (TPSA) is 40.5 Å². The minimum Gasteiger partial charge on any atom is -0.481 e. The van der Waals surface area contributed by atoms with E-state index in [0.29, 0.717) is 38.9 Å². The van der Waals surface area contributed by atoms with E-state index in [1.165, 1.54) is 12.1 Å². The third kappa shape index (κ3) is 5.40. The lowest BCUT2D eigenvalue weighted by atomic mass is 9.87. The second-order valence-corrected chi connectivity index (χ2v) is 10.1. The molecule has 8 heteroatoms. The highest BCUT2D eigenvalue weighted by atomic mass is 35.5. The average molecular weight is 534 g/mol. The fraction of sp³-hybridized carbons (Fsp3) is 0.250. The fourth-order valence-corrected chi connectivity index (χ4v) is 4.87. The molecule has 1 atom stereocenters. The van der Waals surface area contributed by atoms with Gasteiger partial charge in [0.05, 0.1) is 33.8 Å². The van der Waals surface area contributed by atoms with Crippen molar-refractivity contribution in [1.82, 2.24) is 0 Å². The molecule has 3 aromatic carbocycles. The smallest absolute Gasteiger partial charge is 0.416 e. The highest BCUT2D eigenvalue weighted by Crippen LogP contribution is 2.44. The molecule has 0 saturated heterocycles. The van der Waals surface area contributed by atoms with Crippen LogP contribution in [0.1, 0.15) is 42.9 Å². The summed E-state index contributed by atoms with van der Waals surface area (Å²) >= 11 is 12.9. The predicted octanol–water partition coefficient (Wildman–Crippen LogP) is 8.88. The van der Waals surface area contributed by atoms with Gasteiger partial charge in [0, 0.05) is 11.3 Å².